The first-order valence-electron chi connectivity index (χ1n) is 14.8. The molecular weight excluding hydrogens is 615 g/mol. The van der Waals surface area contributed by atoms with Gasteiger partial charge in [-0.3, -0.25) is 9.99 Å². The zero-order chi connectivity index (χ0) is 33.4. The summed E-state index contributed by atoms with van der Waals surface area (Å²) in [5, 5.41) is 18.8. The fraction of sp³-hybridized carbons (Fsp3) is 0.364. The normalized spacial score (nSPS) is 17.3. The van der Waals surface area contributed by atoms with Gasteiger partial charge >= 0.3 is 6.18 Å². The average molecular weight is 652 g/mol. The molecule has 5 rings (SSSR count). The molecule has 0 saturated heterocycles. The minimum absolute atomic E-state index is 0.0160. The van der Waals surface area contributed by atoms with Gasteiger partial charge in [-0.05, 0) is 61.5 Å². The Morgan fingerprint density at radius 2 is 2.02 bits per heavy atom. The summed E-state index contributed by atoms with van der Waals surface area (Å²) in [6, 6.07) is 5.02. The summed E-state index contributed by atoms with van der Waals surface area (Å²) in [4.78, 5) is 8.61. The van der Waals surface area contributed by atoms with Gasteiger partial charge in [-0.2, -0.15) is 18.4 Å². The lowest BCUT2D eigenvalue weighted by molar-refractivity contribution is -0.195. The molecule has 4 N–H and O–H groups in total. The third-order valence-electron chi connectivity index (χ3n) is 8.09. The van der Waals surface area contributed by atoms with E-state index in [1.54, 1.807) is 24.8 Å². The molecule has 3 aromatic rings. The molecule has 242 valence electrons. The van der Waals surface area contributed by atoms with E-state index in [0.717, 1.165) is 16.3 Å². The summed E-state index contributed by atoms with van der Waals surface area (Å²) in [6.45, 7) is 15.0. The SMILES string of the molecule is C=C(/C(C)=C(\C=C/C)n1ccnc1)[C@H](Nc1cc(Cl)c2ncc(C#N)c(NCC(C)(C)C)c2c1)C1=CN(C2(C(F)(F)F)CC2)NN1. The highest BCUT2D eigenvalue weighted by molar-refractivity contribution is 6.35. The predicted molar refractivity (Wildman–Crippen MR) is 176 cm³/mol. The smallest absolute Gasteiger partial charge is 0.383 e. The zero-order valence-corrected chi connectivity index (χ0v) is 27.1. The lowest BCUT2D eigenvalue weighted by Crippen LogP contribution is -2.52. The number of aromatic nitrogens is 3. The number of pyridine rings is 1. The Bertz CT molecular complexity index is 1770. The largest absolute Gasteiger partial charge is 0.413 e. The molecule has 1 atom stereocenters. The number of nitrogens with zero attached hydrogens (tertiary/aromatic N) is 5. The molecule has 13 heteroatoms. The van der Waals surface area contributed by atoms with Crippen LogP contribution in [0.5, 0.6) is 0 Å². The monoisotopic (exact) mass is 651 g/mol. The topological polar surface area (TPSA) is 106 Å². The molecule has 1 aromatic carbocycles. The number of halogens is 4. The van der Waals surface area contributed by atoms with Crippen molar-refractivity contribution in [2.45, 2.75) is 65.2 Å². The molecule has 3 heterocycles. The fourth-order valence-electron chi connectivity index (χ4n) is 5.32. The second-order valence-corrected chi connectivity index (χ2v) is 13.1. The van der Waals surface area contributed by atoms with Crippen molar-refractivity contribution in [3.63, 3.8) is 0 Å². The Kier molecular flexibility index (Phi) is 8.86. The molecule has 2 aliphatic rings. The zero-order valence-electron chi connectivity index (χ0n) is 26.3. The number of fused-ring (bicyclic) bond motifs is 1. The summed E-state index contributed by atoms with van der Waals surface area (Å²) >= 11 is 6.77. The van der Waals surface area contributed by atoms with E-state index in [9.17, 15) is 18.4 Å². The number of anilines is 2. The molecule has 46 heavy (non-hydrogen) atoms. The molecule has 9 nitrogen and oxygen atoms in total. The van der Waals surface area contributed by atoms with Crippen LogP contribution < -0.4 is 21.6 Å². The van der Waals surface area contributed by atoms with E-state index in [1.165, 1.54) is 12.4 Å². The van der Waals surface area contributed by atoms with Gasteiger partial charge in [0.05, 0.1) is 39.9 Å². The molecule has 1 fully saturated rings. The van der Waals surface area contributed by atoms with E-state index in [-0.39, 0.29) is 18.3 Å². The van der Waals surface area contributed by atoms with Gasteiger partial charge in [-0.25, -0.2) is 4.98 Å². The Morgan fingerprint density at radius 3 is 2.61 bits per heavy atom. The van der Waals surface area contributed by atoms with E-state index < -0.39 is 17.8 Å². The molecule has 0 radical (unpaired) electrons. The highest BCUT2D eigenvalue weighted by atomic mass is 35.5. The van der Waals surface area contributed by atoms with E-state index >= 15 is 0 Å². The number of hydrogen-bond donors (Lipinski definition) is 4. The van der Waals surface area contributed by atoms with Crippen molar-refractivity contribution >= 4 is 39.6 Å². The van der Waals surface area contributed by atoms with E-state index in [1.807, 2.05) is 36.6 Å². The summed E-state index contributed by atoms with van der Waals surface area (Å²) in [5.41, 5.74) is 8.23. The highest BCUT2D eigenvalue weighted by Crippen LogP contribution is 2.53. The van der Waals surface area contributed by atoms with Gasteiger partial charge in [-0.1, -0.05) is 45.0 Å². The second kappa shape index (κ2) is 12.4. The molecule has 0 unspecified atom stereocenters. The predicted octanol–water partition coefficient (Wildman–Crippen LogP) is 7.52. The van der Waals surface area contributed by atoms with Gasteiger partial charge in [0, 0.05) is 48.1 Å². The van der Waals surface area contributed by atoms with Crippen molar-refractivity contribution in [2.24, 2.45) is 5.41 Å². The first-order valence-corrected chi connectivity index (χ1v) is 15.2. The number of rotatable bonds is 10. The lowest BCUT2D eigenvalue weighted by Gasteiger charge is -2.28. The Morgan fingerprint density at radius 1 is 1.28 bits per heavy atom. The average Bonchev–Trinajstić information content (AvgIpc) is 3.39. The van der Waals surface area contributed by atoms with Gasteiger partial charge in [0.25, 0.3) is 0 Å². The van der Waals surface area contributed by atoms with Crippen LogP contribution in [0.25, 0.3) is 16.6 Å². The van der Waals surface area contributed by atoms with Crippen LogP contribution in [0, 0.1) is 16.7 Å². The Labute approximate surface area is 271 Å². The Balaban J connectivity index is 1.61. The summed E-state index contributed by atoms with van der Waals surface area (Å²) < 4.78 is 44.0. The maximum Gasteiger partial charge on any atom is 0.413 e. The molecule has 1 aliphatic carbocycles. The van der Waals surface area contributed by atoms with Crippen molar-refractivity contribution in [3.05, 3.63) is 89.4 Å². The number of nitrogens with one attached hydrogen (secondary N) is 4. The van der Waals surface area contributed by atoms with Crippen LogP contribution in [0.3, 0.4) is 0 Å². The number of allylic oxidation sites excluding steroid dienone is 3. The van der Waals surface area contributed by atoms with Crippen LogP contribution >= 0.6 is 11.6 Å². The standard InChI is InChI=1S/C33H37ClF3N9/c1-7-8-27(45-12-11-39-19-45)20(2)21(3)28(26-17-46(44-43-26)32(9-10-32)33(35,36)37)42-23-13-24-29(41-18-31(4,5)6)22(15-38)16-40-30(24)25(34)14-23/h7-8,11-14,16-17,19,28,42-44H,3,9-10,18H2,1-2,4-6H3,(H,40,41)/b8-7-,27-20+/t28-/m0/s1. The van der Waals surface area contributed by atoms with E-state index in [0.29, 0.717) is 50.7 Å². The number of hydrazine groups is 2. The molecule has 0 amide bonds. The van der Waals surface area contributed by atoms with Crippen LogP contribution in [0.4, 0.5) is 24.5 Å². The van der Waals surface area contributed by atoms with Crippen LogP contribution in [0.15, 0.2) is 78.8 Å². The summed E-state index contributed by atoms with van der Waals surface area (Å²) in [6.07, 6.45) is 7.42. The van der Waals surface area contributed by atoms with E-state index in [4.69, 9.17) is 11.6 Å². The Hall–Kier alpha value is -4.47. The number of alkyl halides is 3. The summed E-state index contributed by atoms with van der Waals surface area (Å²) in [5.74, 6) is 0. The fourth-order valence-corrected chi connectivity index (χ4v) is 5.59. The third-order valence-corrected chi connectivity index (χ3v) is 8.37. The highest BCUT2D eigenvalue weighted by Gasteiger charge is 2.67. The minimum Gasteiger partial charge on any atom is -0.383 e. The molecule has 2 aromatic heterocycles. The van der Waals surface area contributed by atoms with Crippen LogP contribution in [-0.4, -0.2) is 43.8 Å². The van der Waals surface area contributed by atoms with Gasteiger partial charge < -0.3 is 20.6 Å². The maximum absolute atomic E-state index is 14.0. The number of imidazole rings is 1. The lowest BCUT2D eigenvalue weighted by atomic mass is 9.96. The molecule has 0 bridgehead atoms. The molecule has 1 saturated carbocycles. The number of hydrogen-bond acceptors (Lipinski definition) is 8. The van der Waals surface area contributed by atoms with Gasteiger partial charge in [0.15, 0.2) is 5.54 Å². The van der Waals surface area contributed by atoms with Gasteiger partial charge in [0.1, 0.15) is 6.07 Å². The van der Waals surface area contributed by atoms with Gasteiger partial charge in [0.2, 0.25) is 0 Å². The molecule has 0 spiro atoms. The van der Waals surface area contributed by atoms with Crippen LogP contribution in [-0.2, 0) is 0 Å². The quantitative estimate of drug-likeness (QED) is 0.167. The van der Waals surface area contributed by atoms with Crippen LogP contribution in [0.2, 0.25) is 5.02 Å². The molecule has 1 aliphatic heterocycles. The van der Waals surface area contributed by atoms with Crippen molar-refractivity contribution in [1.82, 2.24) is 30.5 Å². The minimum atomic E-state index is -4.42. The first-order chi connectivity index (χ1) is 21.7. The maximum atomic E-state index is 14.0. The number of benzene rings is 1. The molecular formula is C33H37ClF3N9. The first kappa shape index (κ1) is 32.9. The number of nitriles is 1. The van der Waals surface area contributed by atoms with Crippen molar-refractivity contribution in [2.75, 3.05) is 17.2 Å². The van der Waals surface area contributed by atoms with Crippen LogP contribution in [0.1, 0.15) is 53.0 Å². The van der Waals surface area contributed by atoms with Crippen molar-refractivity contribution in [3.8, 4) is 6.07 Å². The van der Waals surface area contributed by atoms with Crippen molar-refractivity contribution in [1.29, 1.82) is 5.26 Å². The van der Waals surface area contributed by atoms with Gasteiger partial charge in [-0.15, -0.1) is 5.53 Å². The van der Waals surface area contributed by atoms with E-state index in [2.05, 4.69) is 65.0 Å². The van der Waals surface area contributed by atoms with Crippen molar-refractivity contribution < 1.29 is 13.2 Å². The second-order valence-electron chi connectivity index (χ2n) is 12.7. The summed E-state index contributed by atoms with van der Waals surface area (Å²) in [7, 11) is 0. The third kappa shape index (κ3) is 6.43.